The van der Waals surface area contributed by atoms with Gasteiger partial charge in [-0.2, -0.15) is 0 Å². The van der Waals surface area contributed by atoms with Crippen molar-refractivity contribution in [3.8, 4) is 5.75 Å². The second kappa shape index (κ2) is 9.51. The SMILES string of the molecule is COc1ccccc1Sc1ccc(/C=C/C(=O)N2CCNCC2)c(Cl)c1Cl. The Bertz CT molecular complexity index is 852. The highest BCUT2D eigenvalue weighted by atomic mass is 35.5. The summed E-state index contributed by atoms with van der Waals surface area (Å²) < 4.78 is 5.38. The molecule has 1 amide bonds. The third kappa shape index (κ3) is 4.99. The van der Waals surface area contributed by atoms with Crippen molar-refractivity contribution in [2.75, 3.05) is 33.3 Å². The number of rotatable bonds is 5. The smallest absolute Gasteiger partial charge is 0.246 e. The Hall–Kier alpha value is -1.66. The lowest BCUT2D eigenvalue weighted by Crippen LogP contribution is -2.45. The van der Waals surface area contributed by atoms with Crippen LogP contribution in [-0.4, -0.2) is 44.1 Å². The number of nitrogens with zero attached hydrogens (tertiary/aromatic N) is 1. The fourth-order valence-corrected chi connectivity index (χ4v) is 4.26. The summed E-state index contributed by atoms with van der Waals surface area (Å²) >= 11 is 14.4. The molecule has 0 saturated carbocycles. The van der Waals surface area contributed by atoms with Gasteiger partial charge in [0.15, 0.2) is 0 Å². The summed E-state index contributed by atoms with van der Waals surface area (Å²) in [7, 11) is 1.64. The second-order valence-corrected chi connectivity index (χ2v) is 7.78. The van der Waals surface area contributed by atoms with Crippen LogP contribution >= 0.6 is 35.0 Å². The van der Waals surface area contributed by atoms with Crippen LogP contribution in [0.5, 0.6) is 5.75 Å². The van der Waals surface area contributed by atoms with Crippen molar-refractivity contribution in [3.05, 3.63) is 58.1 Å². The molecular weight excluding hydrogens is 403 g/mol. The van der Waals surface area contributed by atoms with E-state index < -0.39 is 0 Å². The molecule has 0 bridgehead atoms. The average molecular weight is 423 g/mol. The Kier molecular flexibility index (Phi) is 7.07. The number of amides is 1. The summed E-state index contributed by atoms with van der Waals surface area (Å²) in [4.78, 5) is 15.9. The lowest BCUT2D eigenvalue weighted by Gasteiger charge is -2.26. The predicted molar refractivity (Wildman–Crippen MR) is 112 cm³/mol. The van der Waals surface area contributed by atoms with Gasteiger partial charge >= 0.3 is 0 Å². The lowest BCUT2D eigenvalue weighted by atomic mass is 10.2. The van der Waals surface area contributed by atoms with Crippen LogP contribution in [0.15, 0.2) is 52.3 Å². The van der Waals surface area contributed by atoms with Crippen LogP contribution in [0.2, 0.25) is 10.0 Å². The zero-order valence-corrected chi connectivity index (χ0v) is 17.2. The molecule has 1 N–H and O–H groups in total. The van der Waals surface area contributed by atoms with Crippen molar-refractivity contribution in [1.29, 1.82) is 0 Å². The minimum absolute atomic E-state index is 0.0174. The van der Waals surface area contributed by atoms with Crippen LogP contribution in [0.25, 0.3) is 6.08 Å². The highest BCUT2D eigenvalue weighted by Gasteiger charge is 2.15. The Balaban J connectivity index is 1.76. The van der Waals surface area contributed by atoms with Crippen LogP contribution < -0.4 is 10.1 Å². The molecule has 0 atom stereocenters. The van der Waals surface area contributed by atoms with E-state index >= 15 is 0 Å². The third-order valence-electron chi connectivity index (χ3n) is 4.20. The van der Waals surface area contributed by atoms with Crippen molar-refractivity contribution >= 4 is 46.9 Å². The van der Waals surface area contributed by atoms with Crippen LogP contribution in [-0.2, 0) is 4.79 Å². The summed E-state index contributed by atoms with van der Waals surface area (Å²) in [5.41, 5.74) is 0.717. The average Bonchev–Trinajstić information content (AvgIpc) is 2.71. The number of nitrogens with one attached hydrogen (secondary N) is 1. The Morgan fingerprint density at radius 2 is 1.85 bits per heavy atom. The van der Waals surface area contributed by atoms with Crippen molar-refractivity contribution < 1.29 is 9.53 Å². The van der Waals surface area contributed by atoms with Crippen molar-refractivity contribution in [2.24, 2.45) is 0 Å². The first kappa shape index (κ1) is 20.1. The number of benzene rings is 2. The van der Waals surface area contributed by atoms with Gasteiger partial charge in [-0.05, 0) is 29.8 Å². The number of halogens is 2. The standard InChI is InChI=1S/C20H20Cl2N2O2S/c1-26-15-4-2-3-5-16(15)27-17-8-6-14(19(21)20(17)22)7-9-18(25)24-12-10-23-11-13-24/h2-9,23H,10-13H2,1H3/b9-7+. The highest BCUT2D eigenvalue weighted by molar-refractivity contribution is 7.99. The molecule has 1 saturated heterocycles. The van der Waals surface area contributed by atoms with Crippen LogP contribution in [0, 0.1) is 0 Å². The summed E-state index contributed by atoms with van der Waals surface area (Å²) in [5.74, 6) is 0.761. The van der Waals surface area contributed by atoms with E-state index in [1.807, 2.05) is 41.3 Å². The van der Waals surface area contributed by atoms with E-state index in [0.717, 1.165) is 34.2 Å². The maximum Gasteiger partial charge on any atom is 0.246 e. The van der Waals surface area contributed by atoms with E-state index in [-0.39, 0.29) is 5.91 Å². The second-order valence-electron chi connectivity index (χ2n) is 5.94. The number of hydrogen-bond donors (Lipinski definition) is 1. The molecule has 1 fully saturated rings. The zero-order chi connectivity index (χ0) is 19.2. The monoisotopic (exact) mass is 422 g/mol. The zero-order valence-electron chi connectivity index (χ0n) is 14.9. The molecule has 0 radical (unpaired) electrons. The number of para-hydroxylation sites is 1. The minimum atomic E-state index is -0.0174. The molecule has 0 spiro atoms. The van der Waals surface area contributed by atoms with Crippen molar-refractivity contribution in [2.45, 2.75) is 9.79 Å². The molecule has 7 heteroatoms. The number of carbonyl (C=O) groups excluding carboxylic acids is 1. The van der Waals surface area contributed by atoms with Gasteiger partial charge in [0, 0.05) is 37.2 Å². The predicted octanol–water partition coefficient (Wildman–Crippen LogP) is 4.60. The fraction of sp³-hybridized carbons (Fsp3) is 0.250. The Morgan fingerprint density at radius 1 is 1.11 bits per heavy atom. The largest absolute Gasteiger partial charge is 0.496 e. The number of hydrogen-bond acceptors (Lipinski definition) is 4. The first-order valence-electron chi connectivity index (χ1n) is 8.56. The van der Waals surface area contributed by atoms with Gasteiger partial charge < -0.3 is 15.0 Å². The molecule has 27 heavy (non-hydrogen) atoms. The molecule has 142 valence electrons. The molecule has 4 nitrogen and oxygen atoms in total. The van der Waals surface area contributed by atoms with Gasteiger partial charge in [0.25, 0.3) is 0 Å². The van der Waals surface area contributed by atoms with Gasteiger partial charge in [-0.25, -0.2) is 0 Å². The van der Waals surface area contributed by atoms with Crippen LogP contribution in [0.4, 0.5) is 0 Å². The number of ether oxygens (including phenoxy) is 1. The first-order chi connectivity index (χ1) is 13.1. The number of carbonyl (C=O) groups is 1. The van der Waals surface area contributed by atoms with Crippen molar-refractivity contribution in [1.82, 2.24) is 10.2 Å². The van der Waals surface area contributed by atoms with E-state index in [4.69, 9.17) is 27.9 Å². The molecular formula is C20H20Cl2N2O2S. The van der Waals surface area contributed by atoms with Gasteiger partial charge in [-0.1, -0.05) is 53.2 Å². The first-order valence-corrected chi connectivity index (χ1v) is 10.1. The minimum Gasteiger partial charge on any atom is -0.496 e. The topological polar surface area (TPSA) is 41.6 Å². The van der Waals surface area contributed by atoms with Gasteiger partial charge in [0.05, 0.1) is 22.1 Å². The molecule has 2 aromatic carbocycles. The summed E-state index contributed by atoms with van der Waals surface area (Å²) in [6.45, 7) is 3.07. The Labute approximate surface area is 173 Å². The number of methoxy groups -OCH3 is 1. The van der Waals surface area contributed by atoms with E-state index in [1.54, 1.807) is 19.3 Å². The van der Waals surface area contributed by atoms with Crippen LogP contribution in [0.1, 0.15) is 5.56 Å². The molecule has 1 heterocycles. The quantitative estimate of drug-likeness (QED) is 0.714. The normalized spacial score (nSPS) is 14.6. The molecule has 2 aromatic rings. The van der Waals surface area contributed by atoms with E-state index in [2.05, 4.69) is 5.32 Å². The fourth-order valence-electron chi connectivity index (χ4n) is 2.73. The van der Waals surface area contributed by atoms with E-state index in [9.17, 15) is 4.79 Å². The van der Waals surface area contributed by atoms with Crippen LogP contribution in [0.3, 0.4) is 0 Å². The third-order valence-corrected chi connectivity index (χ3v) is 6.33. The lowest BCUT2D eigenvalue weighted by molar-refractivity contribution is -0.126. The molecule has 3 rings (SSSR count). The number of piperazine rings is 1. The van der Waals surface area contributed by atoms with Gasteiger partial charge in [-0.3, -0.25) is 4.79 Å². The molecule has 1 aliphatic heterocycles. The molecule has 1 aliphatic rings. The van der Waals surface area contributed by atoms with Gasteiger partial charge in [-0.15, -0.1) is 0 Å². The summed E-state index contributed by atoms with van der Waals surface area (Å²) in [6.07, 6.45) is 3.27. The van der Waals surface area contributed by atoms with E-state index in [0.29, 0.717) is 23.1 Å². The molecule has 0 aromatic heterocycles. The van der Waals surface area contributed by atoms with Gasteiger partial charge in [0.2, 0.25) is 5.91 Å². The maximum atomic E-state index is 12.3. The van der Waals surface area contributed by atoms with Gasteiger partial charge in [0.1, 0.15) is 5.75 Å². The summed E-state index contributed by atoms with van der Waals surface area (Å²) in [5, 5.41) is 4.12. The molecule has 0 unspecified atom stereocenters. The maximum absolute atomic E-state index is 12.3. The molecule has 0 aliphatic carbocycles. The Morgan fingerprint density at radius 3 is 2.59 bits per heavy atom. The van der Waals surface area contributed by atoms with E-state index in [1.165, 1.54) is 11.8 Å². The van der Waals surface area contributed by atoms with Crippen molar-refractivity contribution in [3.63, 3.8) is 0 Å². The highest BCUT2D eigenvalue weighted by Crippen LogP contribution is 2.41. The summed E-state index contributed by atoms with van der Waals surface area (Å²) in [6, 6.07) is 11.5.